The van der Waals surface area contributed by atoms with Gasteiger partial charge in [0.05, 0.1) is 18.0 Å². The van der Waals surface area contributed by atoms with Gasteiger partial charge in [-0.05, 0) is 24.6 Å². The fourth-order valence-electron chi connectivity index (χ4n) is 1.63. The molecule has 1 atom stereocenters. The predicted molar refractivity (Wildman–Crippen MR) is 70.4 cm³/mol. The Hall–Kier alpha value is -2.41. The van der Waals surface area contributed by atoms with E-state index in [2.05, 4.69) is 15.3 Å². The number of benzene rings is 1. The number of aliphatic hydroxyl groups excluding tert-OH is 1. The molecular weight excluding hydrogens is 280 g/mol. The normalized spacial score (nSPS) is 12.0. The Morgan fingerprint density at radius 2 is 2.05 bits per heavy atom. The van der Waals surface area contributed by atoms with Gasteiger partial charge in [-0.2, -0.15) is 0 Å². The van der Waals surface area contributed by atoms with Crippen LogP contribution in [0.1, 0.15) is 27.8 Å². The van der Waals surface area contributed by atoms with Crippen LogP contribution in [0.25, 0.3) is 0 Å². The summed E-state index contributed by atoms with van der Waals surface area (Å²) in [5.41, 5.74) is 0.954. The van der Waals surface area contributed by atoms with Gasteiger partial charge in [-0.1, -0.05) is 6.07 Å². The molecule has 21 heavy (non-hydrogen) atoms. The molecule has 110 valence electrons. The first-order chi connectivity index (χ1) is 9.97. The smallest absolute Gasteiger partial charge is 0.271 e. The van der Waals surface area contributed by atoms with E-state index in [9.17, 15) is 18.7 Å². The Kier molecular flexibility index (Phi) is 4.54. The van der Waals surface area contributed by atoms with Gasteiger partial charge in [0.25, 0.3) is 5.91 Å². The maximum absolute atomic E-state index is 13.0. The molecule has 2 rings (SSSR count). The van der Waals surface area contributed by atoms with Gasteiger partial charge in [-0.15, -0.1) is 0 Å². The molecule has 0 fully saturated rings. The number of aliphatic hydroxyl groups is 1. The lowest BCUT2D eigenvalue weighted by Crippen LogP contribution is -2.29. The summed E-state index contributed by atoms with van der Waals surface area (Å²) in [6, 6.07) is 3.06. The molecule has 2 aromatic rings. The van der Waals surface area contributed by atoms with Crippen molar-refractivity contribution in [1.29, 1.82) is 0 Å². The first-order valence-electron chi connectivity index (χ1n) is 6.17. The molecule has 5 nitrogen and oxygen atoms in total. The number of aryl methyl sites for hydroxylation is 1. The molecule has 1 amide bonds. The van der Waals surface area contributed by atoms with Gasteiger partial charge in [0.2, 0.25) is 0 Å². The fourth-order valence-corrected chi connectivity index (χ4v) is 1.63. The summed E-state index contributed by atoms with van der Waals surface area (Å²) in [5.74, 6) is -2.56. The maximum atomic E-state index is 13.0. The summed E-state index contributed by atoms with van der Waals surface area (Å²) < 4.78 is 25.8. The fraction of sp³-hybridized carbons (Fsp3) is 0.214. The van der Waals surface area contributed by atoms with E-state index in [1.807, 2.05) is 0 Å². The van der Waals surface area contributed by atoms with Gasteiger partial charge in [-0.25, -0.2) is 13.8 Å². The van der Waals surface area contributed by atoms with E-state index < -0.39 is 23.6 Å². The van der Waals surface area contributed by atoms with Crippen LogP contribution in [0.4, 0.5) is 8.78 Å². The minimum Gasteiger partial charge on any atom is -0.387 e. The Labute approximate surface area is 119 Å². The lowest BCUT2D eigenvalue weighted by molar-refractivity contribution is 0.0910. The Balaban J connectivity index is 1.97. The highest BCUT2D eigenvalue weighted by Gasteiger charge is 2.13. The van der Waals surface area contributed by atoms with E-state index in [-0.39, 0.29) is 17.8 Å². The molecule has 7 heteroatoms. The zero-order valence-electron chi connectivity index (χ0n) is 11.2. The minimum absolute atomic E-state index is 0.109. The number of aromatic nitrogens is 2. The van der Waals surface area contributed by atoms with E-state index in [0.717, 1.165) is 12.1 Å². The highest BCUT2D eigenvalue weighted by Crippen LogP contribution is 2.15. The van der Waals surface area contributed by atoms with Crippen molar-refractivity contribution in [3.63, 3.8) is 0 Å². The molecule has 0 bridgehead atoms. The summed E-state index contributed by atoms with van der Waals surface area (Å²) in [4.78, 5) is 19.6. The molecule has 0 aliphatic carbocycles. The third kappa shape index (κ3) is 3.79. The van der Waals surface area contributed by atoms with Crippen LogP contribution in [0.3, 0.4) is 0 Å². The quantitative estimate of drug-likeness (QED) is 0.896. The van der Waals surface area contributed by atoms with Gasteiger partial charge in [-0.3, -0.25) is 9.78 Å². The number of carbonyl (C=O) groups is 1. The molecule has 0 radical (unpaired) electrons. The van der Waals surface area contributed by atoms with Gasteiger partial charge < -0.3 is 10.4 Å². The molecule has 2 N–H and O–H groups in total. The van der Waals surface area contributed by atoms with Crippen molar-refractivity contribution < 1.29 is 18.7 Å². The molecule has 0 aliphatic heterocycles. The molecular formula is C14H13F2N3O2. The van der Waals surface area contributed by atoms with E-state index in [0.29, 0.717) is 5.69 Å². The average Bonchev–Trinajstić information content (AvgIpc) is 2.48. The Morgan fingerprint density at radius 1 is 1.29 bits per heavy atom. The van der Waals surface area contributed by atoms with Crippen molar-refractivity contribution in [2.24, 2.45) is 0 Å². The molecule has 0 aliphatic rings. The second-order valence-corrected chi connectivity index (χ2v) is 4.44. The number of halogens is 2. The summed E-state index contributed by atoms with van der Waals surface area (Å²) in [6.45, 7) is 1.58. The van der Waals surface area contributed by atoms with Crippen LogP contribution >= 0.6 is 0 Å². The second-order valence-electron chi connectivity index (χ2n) is 4.44. The number of nitrogens with one attached hydrogen (secondary N) is 1. The lowest BCUT2D eigenvalue weighted by Gasteiger charge is -2.12. The van der Waals surface area contributed by atoms with Crippen LogP contribution < -0.4 is 5.32 Å². The summed E-state index contributed by atoms with van der Waals surface area (Å²) in [6.07, 6.45) is 1.61. The molecule has 1 aromatic heterocycles. The van der Waals surface area contributed by atoms with Crippen LogP contribution in [-0.4, -0.2) is 27.5 Å². The summed E-state index contributed by atoms with van der Waals surface area (Å²) >= 11 is 0. The molecule has 1 unspecified atom stereocenters. The van der Waals surface area contributed by atoms with Crippen LogP contribution in [-0.2, 0) is 0 Å². The predicted octanol–water partition coefficient (Wildman–Crippen LogP) is 1.53. The van der Waals surface area contributed by atoms with E-state index >= 15 is 0 Å². The number of nitrogens with zero attached hydrogens (tertiary/aromatic N) is 2. The first kappa shape index (κ1) is 15.0. The van der Waals surface area contributed by atoms with Gasteiger partial charge in [0.1, 0.15) is 5.69 Å². The molecule has 1 aromatic carbocycles. The number of carbonyl (C=O) groups excluding carboxylic acids is 1. The van der Waals surface area contributed by atoms with Crippen molar-refractivity contribution in [2.75, 3.05) is 6.54 Å². The molecule has 0 saturated carbocycles. The summed E-state index contributed by atoms with van der Waals surface area (Å²) in [7, 11) is 0. The zero-order valence-corrected chi connectivity index (χ0v) is 11.2. The number of hydrogen-bond acceptors (Lipinski definition) is 4. The van der Waals surface area contributed by atoms with Gasteiger partial charge >= 0.3 is 0 Å². The van der Waals surface area contributed by atoms with E-state index in [1.54, 1.807) is 6.92 Å². The van der Waals surface area contributed by atoms with Crippen LogP contribution in [0, 0.1) is 18.6 Å². The lowest BCUT2D eigenvalue weighted by atomic mass is 10.1. The number of amides is 1. The largest absolute Gasteiger partial charge is 0.387 e. The van der Waals surface area contributed by atoms with E-state index in [1.165, 1.54) is 18.5 Å². The molecule has 1 heterocycles. The third-order valence-corrected chi connectivity index (χ3v) is 2.80. The highest BCUT2D eigenvalue weighted by atomic mass is 19.2. The minimum atomic E-state index is -1.15. The monoisotopic (exact) mass is 293 g/mol. The average molecular weight is 293 g/mol. The molecule has 0 spiro atoms. The van der Waals surface area contributed by atoms with Crippen LogP contribution in [0.2, 0.25) is 0 Å². The second kappa shape index (κ2) is 6.36. The van der Waals surface area contributed by atoms with Crippen molar-refractivity contribution in [3.05, 3.63) is 59.2 Å². The van der Waals surface area contributed by atoms with Gasteiger partial charge in [0.15, 0.2) is 11.6 Å². The Morgan fingerprint density at radius 3 is 2.67 bits per heavy atom. The number of hydrogen-bond donors (Lipinski definition) is 2. The van der Waals surface area contributed by atoms with E-state index in [4.69, 9.17) is 0 Å². The summed E-state index contributed by atoms with van der Waals surface area (Å²) in [5, 5.41) is 12.3. The standard InChI is InChI=1S/C14H13F2N3O2/c1-8-5-18-12(6-17-8)14(21)19-7-13(20)9-2-3-10(15)11(16)4-9/h2-6,13,20H,7H2,1H3,(H,19,21). The van der Waals surface area contributed by atoms with Crippen molar-refractivity contribution in [3.8, 4) is 0 Å². The third-order valence-electron chi connectivity index (χ3n) is 2.80. The van der Waals surface area contributed by atoms with Crippen LogP contribution in [0.15, 0.2) is 30.6 Å². The molecule has 0 saturated heterocycles. The van der Waals surface area contributed by atoms with Crippen LogP contribution in [0.5, 0.6) is 0 Å². The number of rotatable bonds is 4. The highest BCUT2D eigenvalue weighted by molar-refractivity contribution is 5.91. The van der Waals surface area contributed by atoms with Crippen molar-refractivity contribution >= 4 is 5.91 Å². The van der Waals surface area contributed by atoms with Crippen molar-refractivity contribution in [2.45, 2.75) is 13.0 Å². The zero-order chi connectivity index (χ0) is 15.4. The maximum Gasteiger partial charge on any atom is 0.271 e. The first-order valence-corrected chi connectivity index (χ1v) is 6.17. The van der Waals surface area contributed by atoms with Crippen molar-refractivity contribution in [1.82, 2.24) is 15.3 Å². The van der Waals surface area contributed by atoms with Gasteiger partial charge in [0, 0.05) is 12.7 Å². The SMILES string of the molecule is Cc1cnc(C(=O)NCC(O)c2ccc(F)c(F)c2)cn1. The Bertz CT molecular complexity index is 647. The topological polar surface area (TPSA) is 75.1 Å².